The molecule has 1 N–H and O–H groups in total. The predicted molar refractivity (Wildman–Crippen MR) is 97.6 cm³/mol. The fourth-order valence-electron chi connectivity index (χ4n) is 2.75. The van der Waals surface area contributed by atoms with Gasteiger partial charge < -0.3 is 10.2 Å². The second-order valence-electron chi connectivity index (χ2n) is 6.20. The normalized spacial score (nSPS) is 12.9. The van der Waals surface area contributed by atoms with E-state index in [1.165, 1.54) is 34.4 Å². The number of rotatable bonds is 9. The molecule has 21 heavy (non-hydrogen) atoms. The van der Waals surface area contributed by atoms with Crippen LogP contribution in [-0.4, -0.2) is 43.6 Å². The highest BCUT2D eigenvalue weighted by molar-refractivity contribution is 7.99. The molecule has 0 saturated heterocycles. The Labute approximate surface area is 135 Å². The molecule has 1 unspecified atom stereocenters. The molecule has 1 aromatic carbocycles. The van der Waals surface area contributed by atoms with E-state index < -0.39 is 0 Å². The van der Waals surface area contributed by atoms with Crippen LogP contribution in [0.25, 0.3) is 0 Å². The van der Waals surface area contributed by atoms with Crippen LogP contribution >= 0.6 is 11.8 Å². The maximum atomic E-state index is 3.74. The Bertz CT molecular complexity index is 406. The Morgan fingerprint density at radius 1 is 1.14 bits per heavy atom. The molecular formula is C18H32N2S. The molecule has 0 aliphatic heterocycles. The molecule has 0 radical (unpaired) electrons. The van der Waals surface area contributed by atoms with Crippen molar-refractivity contribution >= 4 is 11.8 Å². The van der Waals surface area contributed by atoms with Crippen LogP contribution in [0.2, 0.25) is 0 Å². The first-order chi connectivity index (χ1) is 9.95. The van der Waals surface area contributed by atoms with E-state index >= 15 is 0 Å². The van der Waals surface area contributed by atoms with Crippen molar-refractivity contribution in [1.29, 1.82) is 0 Å². The summed E-state index contributed by atoms with van der Waals surface area (Å²) < 4.78 is 0. The van der Waals surface area contributed by atoms with Gasteiger partial charge in [0, 0.05) is 24.1 Å². The molecule has 0 aromatic heterocycles. The van der Waals surface area contributed by atoms with Gasteiger partial charge in [0.15, 0.2) is 0 Å². The maximum Gasteiger partial charge on any atom is 0.0417 e. The summed E-state index contributed by atoms with van der Waals surface area (Å²) in [6, 6.07) is 5.10. The first-order valence-electron chi connectivity index (χ1n) is 7.99. The van der Waals surface area contributed by atoms with Gasteiger partial charge in [0.1, 0.15) is 0 Å². The third kappa shape index (κ3) is 6.41. The van der Waals surface area contributed by atoms with Crippen LogP contribution in [0.3, 0.4) is 0 Å². The summed E-state index contributed by atoms with van der Waals surface area (Å²) in [6.07, 6.45) is 1.18. The lowest BCUT2D eigenvalue weighted by molar-refractivity contribution is 0.437. The van der Waals surface area contributed by atoms with Crippen LogP contribution in [0.4, 0.5) is 0 Å². The van der Waals surface area contributed by atoms with Crippen molar-refractivity contribution < 1.29 is 0 Å². The van der Waals surface area contributed by atoms with Crippen molar-refractivity contribution in [3.8, 4) is 0 Å². The van der Waals surface area contributed by atoms with Crippen LogP contribution in [0, 0.1) is 20.8 Å². The fraction of sp³-hybridized carbons (Fsp3) is 0.667. The fourth-order valence-corrected chi connectivity index (χ4v) is 3.93. The van der Waals surface area contributed by atoms with Crippen LogP contribution in [0.1, 0.15) is 41.6 Å². The van der Waals surface area contributed by atoms with E-state index in [9.17, 15) is 0 Å². The molecule has 120 valence electrons. The van der Waals surface area contributed by atoms with E-state index in [0.717, 1.165) is 18.8 Å². The van der Waals surface area contributed by atoms with Crippen molar-refractivity contribution in [3.63, 3.8) is 0 Å². The Balaban J connectivity index is 2.77. The number of thioether (sulfide) groups is 1. The maximum absolute atomic E-state index is 3.74. The number of aryl methyl sites for hydroxylation is 3. The minimum Gasteiger partial charge on any atom is -0.309 e. The van der Waals surface area contributed by atoms with Crippen molar-refractivity contribution in [2.75, 3.05) is 38.7 Å². The molecule has 0 aliphatic rings. The van der Waals surface area contributed by atoms with Gasteiger partial charge in [-0.1, -0.05) is 24.6 Å². The van der Waals surface area contributed by atoms with Crippen LogP contribution in [0.5, 0.6) is 0 Å². The van der Waals surface area contributed by atoms with E-state index in [1.54, 1.807) is 0 Å². The second kappa shape index (κ2) is 9.50. The van der Waals surface area contributed by atoms with E-state index in [4.69, 9.17) is 0 Å². The van der Waals surface area contributed by atoms with Gasteiger partial charge in [-0.2, -0.15) is 11.8 Å². The molecule has 1 atom stereocenters. The molecule has 2 nitrogen and oxygen atoms in total. The molecule has 1 aromatic rings. The van der Waals surface area contributed by atoms with Crippen molar-refractivity contribution in [1.82, 2.24) is 10.2 Å². The third-order valence-corrected chi connectivity index (χ3v) is 4.73. The van der Waals surface area contributed by atoms with E-state index in [1.807, 2.05) is 0 Å². The lowest BCUT2D eigenvalue weighted by Gasteiger charge is -2.23. The van der Waals surface area contributed by atoms with Crippen LogP contribution in [-0.2, 0) is 0 Å². The smallest absolute Gasteiger partial charge is 0.0417 e. The third-order valence-electron chi connectivity index (χ3n) is 3.69. The molecular weight excluding hydrogens is 276 g/mol. The topological polar surface area (TPSA) is 15.3 Å². The molecule has 0 amide bonds. The lowest BCUT2D eigenvalue weighted by Crippen LogP contribution is -2.26. The van der Waals surface area contributed by atoms with Gasteiger partial charge in [-0.05, 0) is 64.5 Å². The Morgan fingerprint density at radius 2 is 1.76 bits per heavy atom. The summed E-state index contributed by atoms with van der Waals surface area (Å²) in [5.41, 5.74) is 5.72. The van der Waals surface area contributed by atoms with E-state index in [-0.39, 0.29) is 0 Å². The van der Waals surface area contributed by atoms with Gasteiger partial charge in [0.2, 0.25) is 0 Å². The summed E-state index contributed by atoms with van der Waals surface area (Å²) in [7, 11) is 4.28. The Morgan fingerprint density at radius 3 is 2.29 bits per heavy atom. The highest BCUT2D eigenvalue weighted by Crippen LogP contribution is 2.26. The van der Waals surface area contributed by atoms with E-state index in [0.29, 0.717) is 6.04 Å². The molecule has 0 heterocycles. The SMILES string of the molecule is CCCNC(CSCCN(C)C)c1c(C)cc(C)cc1C. The lowest BCUT2D eigenvalue weighted by atomic mass is 9.95. The standard InChI is InChI=1S/C18H32N2S/c1-7-8-19-17(13-21-10-9-20(5)6)18-15(3)11-14(2)12-16(18)4/h11-12,17,19H,7-10,13H2,1-6H3. The van der Waals surface area contributed by atoms with Crippen LogP contribution in [0.15, 0.2) is 12.1 Å². The number of nitrogens with one attached hydrogen (secondary N) is 1. The zero-order valence-electron chi connectivity index (χ0n) is 14.6. The monoisotopic (exact) mass is 308 g/mol. The number of benzene rings is 1. The summed E-state index contributed by atoms with van der Waals surface area (Å²) in [5.74, 6) is 2.35. The summed E-state index contributed by atoms with van der Waals surface area (Å²) in [6.45, 7) is 11.2. The Hall–Kier alpha value is -0.510. The van der Waals surface area contributed by atoms with Crippen molar-refractivity contribution in [2.45, 2.75) is 40.2 Å². The van der Waals surface area contributed by atoms with Gasteiger partial charge in [-0.15, -0.1) is 0 Å². The number of hydrogen-bond acceptors (Lipinski definition) is 3. The van der Waals surface area contributed by atoms with Gasteiger partial charge in [0.05, 0.1) is 0 Å². The first kappa shape index (κ1) is 18.5. The minimum absolute atomic E-state index is 0.470. The second-order valence-corrected chi connectivity index (χ2v) is 7.35. The largest absolute Gasteiger partial charge is 0.309 e. The average Bonchev–Trinajstić information content (AvgIpc) is 2.38. The van der Waals surface area contributed by atoms with Crippen LogP contribution < -0.4 is 5.32 Å². The molecule has 0 aliphatic carbocycles. The zero-order chi connectivity index (χ0) is 15.8. The summed E-state index contributed by atoms with van der Waals surface area (Å²) in [4.78, 5) is 2.25. The van der Waals surface area contributed by atoms with Gasteiger partial charge >= 0.3 is 0 Å². The van der Waals surface area contributed by atoms with E-state index in [2.05, 4.69) is 75.9 Å². The average molecular weight is 309 g/mol. The number of hydrogen-bond donors (Lipinski definition) is 1. The van der Waals surface area contributed by atoms with Gasteiger partial charge in [0.25, 0.3) is 0 Å². The Kier molecular flexibility index (Phi) is 8.38. The van der Waals surface area contributed by atoms with Crippen molar-refractivity contribution in [3.05, 3.63) is 34.4 Å². The molecule has 0 spiro atoms. The molecule has 0 saturated carbocycles. The molecule has 0 fully saturated rings. The summed E-state index contributed by atoms with van der Waals surface area (Å²) in [5, 5.41) is 3.74. The molecule has 1 rings (SSSR count). The van der Waals surface area contributed by atoms with Gasteiger partial charge in [-0.3, -0.25) is 0 Å². The molecule has 0 bridgehead atoms. The first-order valence-corrected chi connectivity index (χ1v) is 9.14. The van der Waals surface area contributed by atoms with Gasteiger partial charge in [-0.25, -0.2) is 0 Å². The minimum atomic E-state index is 0.470. The summed E-state index contributed by atoms with van der Waals surface area (Å²) >= 11 is 2.05. The predicted octanol–water partition coefficient (Wildman–Crippen LogP) is 3.95. The zero-order valence-corrected chi connectivity index (χ0v) is 15.4. The van der Waals surface area contributed by atoms with Crippen molar-refractivity contribution in [2.24, 2.45) is 0 Å². The molecule has 3 heteroatoms. The number of nitrogens with zero attached hydrogens (tertiary/aromatic N) is 1. The quantitative estimate of drug-likeness (QED) is 0.696. The highest BCUT2D eigenvalue weighted by Gasteiger charge is 2.16. The highest BCUT2D eigenvalue weighted by atomic mass is 32.2.